The van der Waals surface area contributed by atoms with E-state index in [0.29, 0.717) is 17.5 Å². The van der Waals surface area contributed by atoms with Crippen LogP contribution in [0.25, 0.3) is 11.0 Å². The molecule has 1 aliphatic rings. The van der Waals surface area contributed by atoms with Gasteiger partial charge in [0.05, 0.1) is 18.1 Å². The number of aliphatic hydroxyl groups is 2. The first-order valence-corrected chi connectivity index (χ1v) is 5.84. The van der Waals surface area contributed by atoms with E-state index in [-0.39, 0.29) is 12.4 Å². The second-order valence-electron chi connectivity index (χ2n) is 4.45. The first-order valence-electron chi connectivity index (χ1n) is 5.84. The second kappa shape index (κ2) is 4.41. The number of nitrogen functional groups attached to an aromatic ring is 1. The highest BCUT2D eigenvalue weighted by Gasteiger charge is 2.35. The lowest BCUT2D eigenvalue weighted by Crippen LogP contribution is -2.24. The second-order valence-corrected chi connectivity index (χ2v) is 4.45. The number of rotatable bonds is 2. The van der Waals surface area contributed by atoms with Crippen molar-refractivity contribution in [3.8, 4) is 0 Å². The van der Waals surface area contributed by atoms with E-state index < -0.39 is 24.5 Å². The Hall–Kier alpha value is -1.77. The molecule has 102 valence electrons. The third-order valence-electron chi connectivity index (χ3n) is 3.27. The number of halogens is 1. The van der Waals surface area contributed by atoms with E-state index in [4.69, 9.17) is 15.6 Å². The molecule has 0 aromatic carbocycles. The fourth-order valence-electron chi connectivity index (χ4n) is 2.31. The molecular weight excluding hydrogens is 255 g/mol. The van der Waals surface area contributed by atoms with Gasteiger partial charge in [-0.25, -0.2) is 0 Å². The Labute approximate surface area is 107 Å². The van der Waals surface area contributed by atoms with Gasteiger partial charge in [-0.15, -0.1) is 0 Å². The molecule has 7 nitrogen and oxygen atoms in total. The maximum Gasteiger partial charge on any atom is 0.312 e. The minimum Gasteiger partial charge on any atom is -0.394 e. The van der Waals surface area contributed by atoms with E-state index in [2.05, 4.69) is 9.97 Å². The van der Waals surface area contributed by atoms with Gasteiger partial charge < -0.3 is 25.3 Å². The number of hydrogen-bond acceptors (Lipinski definition) is 6. The highest BCUT2D eigenvalue weighted by Crippen LogP contribution is 2.32. The van der Waals surface area contributed by atoms with Crippen molar-refractivity contribution in [1.29, 1.82) is 0 Å². The molecule has 1 aliphatic heterocycles. The van der Waals surface area contributed by atoms with Crippen LogP contribution in [0.4, 0.5) is 10.2 Å². The van der Waals surface area contributed by atoms with Gasteiger partial charge in [-0.2, -0.15) is 14.4 Å². The molecule has 19 heavy (non-hydrogen) atoms. The zero-order valence-corrected chi connectivity index (χ0v) is 9.90. The smallest absolute Gasteiger partial charge is 0.312 e. The van der Waals surface area contributed by atoms with Crippen molar-refractivity contribution >= 4 is 16.9 Å². The van der Waals surface area contributed by atoms with E-state index >= 15 is 0 Å². The van der Waals surface area contributed by atoms with Gasteiger partial charge in [0, 0.05) is 12.6 Å². The summed E-state index contributed by atoms with van der Waals surface area (Å²) in [5.74, 6) is 0.0542. The van der Waals surface area contributed by atoms with Crippen molar-refractivity contribution in [3.63, 3.8) is 0 Å². The predicted molar refractivity (Wildman–Crippen MR) is 63.5 cm³/mol. The normalized spacial score (nSPS) is 27.2. The largest absolute Gasteiger partial charge is 0.394 e. The van der Waals surface area contributed by atoms with Gasteiger partial charge >= 0.3 is 6.08 Å². The Morgan fingerprint density at radius 2 is 2.32 bits per heavy atom. The summed E-state index contributed by atoms with van der Waals surface area (Å²) in [5, 5.41) is 19.3. The van der Waals surface area contributed by atoms with Crippen LogP contribution in [0, 0.1) is 6.08 Å². The van der Waals surface area contributed by atoms with E-state index in [9.17, 15) is 9.50 Å². The van der Waals surface area contributed by atoms with Crippen molar-refractivity contribution in [2.24, 2.45) is 0 Å². The molecule has 1 saturated heterocycles. The highest BCUT2D eigenvalue weighted by molar-refractivity contribution is 5.86. The van der Waals surface area contributed by atoms with Crippen LogP contribution in [-0.2, 0) is 4.74 Å². The van der Waals surface area contributed by atoms with Gasteiger partial charge in [0.15, 0.2) is 5.65 Å². The fraction of sp³-hybridized carbons (Fsp3) is 0.455. The number of fused-ring (bicyclic) bond motifs is 1. The molecule has 3 atom stereocenters. The summed E-state index contributed by atoms with van der Waals surface area (Å²) in [6.45, 7) is -0.275. The zero-order chi connectivity index (χ0) is 13.6. The molecule has 8 heteroatoms. The van der Waals surface area contributed by atoms with Crippen LogP contribution in [0.3, 0.4) is 0 Å². The van der Waals surface area contributed by atoms with Crippen LogP contribution < -0.4 is 5.73 Å². The summed E-state index contributed by atoms with van der Waals surface area (Å²) in [6, 6.07) is 1.66. The lowest BCUT2D eigenvalue weighted by atomic mass is 10.2. The van der Waals surface area contributed by atoms with Crippen molar-refractivity contribution in [2.45, 2.75) is 24.9 Å². The SMILES string of the molecule is Nc1nc(F)nc2c1ccn2C1CC(O)C(CO)O1. The number of hydrogen-bond donors (Lipinski definition) is 3. The number of aliphatic hydroxyl groups excluding tert-OH is 2. The lowest BCUT2D eigenvalue weighted by Gasteiger charge is -2.14. The number of aromatic nitrogens is 3. The summed E-state index contributed by atoms with van der Waals surface area (Å²) in [5.41, 5.74) is 5.92. The Morgan fingerprint density at radius 3 is 3.00 bits per heavy atom. The van der Waals surface area contributed by atoms with Gasteiger partial charge in [-0.1, -0.05) is 0 Å². The monoisotopic (exact) mass is 268 g/mol. The van der Waals surface area contributed by atoms with Crippen LogP contribution in [0.2, 0.25) is 0 Å². The summed E-state index contributed by atoms with van der Waals surface area (Å²) in [6.07, 6.45) is -0.907. The molecule has 2 aromatic rings. The lowest BCUT2D eigenvalue weighted by molar-refractivity contribution is -0.0430. The third-order valence-corrected chi connectivity index (χ3v) is 3.27. The molecule has 3 unspecified atom stereocenters. The fourth-order valence-corrected chi connectivity index (χ4v) is 2.31. The van der Waals surface area contributed by atoms with Gasteiger partial charge in [-0.05, 0) is 6.07 Å². The minimum atomic E-state index is -0.915. The molecule has 4 N–H and O–H groups in total. The molecule has 0 spiro atoms. The number of ether oxygens (including phenoxy) is 1. The van der Waals surface area contributed by atoms with E-state index in [0.717, 1.165) is 0 Å². The van der Waals surface area contributed by atoms with E-state index in [1.165, 1.54) is 0 Å². The molecule has 0 saturated carbocycles. The zero-order valence-electron chi connectivity index (χ0n) is 9.90. The quantitative estimate of drug-likeness (QED) is 0.651. The van der Waals surface area contributed by atoms with E-state index in [1.54, 1.807) is 16.8 Å². The van der Waals surface area contributed by atoms with Crippen LogP contribution in [0.1, 0.15) is 12.6 Å². The van der Waals surface area contributed by atoms with Crippen molar-refractivity contribution < 1.29 is 19.3 Å². The molecular formula is C11H13FN4O3. The van der Waals surface area contributed by atoms with Crippen molar-refractivity contribution in [3.05, 3.63) is 18.3 Å². The molecule has 3 heterocycles. The predicted octanol–water partition coefficient (Wildman–Crippen LogP) is -0.207. The average Bonchev–Trinajstić information content (AvgIpc) is 2.92. The van der Waals surface area contributed by atoms with Gasteiger partial charge in [-0.3, -0.25) is 0 Å². The Balaban J connectivity index is 2.02. The molecule has 0 aliphatic carbocycles. The van der Waals surface area contributed by atoms with Gasteiger partial charge in [0.2, 0.25) is 0 Å². The molecule has 1 fully saturated rings. The minimum absolute atomic E-state index is 0.0542. The molecule has 2 aromatic heterocycles. The summed E-state index contributed by atoms with van der Waals surface area (Å²) in [7, 11) is 0. The van der Waals surface area contributed by atoms with Gasteiger partial charge in [0.1, 0.15) is 18.1 Å². The Morgan fingerprint density at radius 1 is 1.53 bits per heavy atom. The number of anilines is 1. The summed E-state index contributed by atoms with van der Waals surface area (Å²) < 4.78 is 20.3. The van der Waals surface area contributed by atoms with Crippen LogP contribution in [-0.4, -0.2) is 43.6 Å². The molecule has 0 radical (unpaired) electrons. The first kappa shape index (κ1) is 12.3. The van der Waals surface area contributed by atoms with Crippen molar-refractivity contribution in [2.75, 3.05) is 12.3 Å². The van der Waals surface area contributed by atoms with Crippen molar-refractivity contribution in [1.82, 2.24) is 14.5 Å². The highest BCUT2D eigenvalue weighted by atomic mass is 19.1. The maximum atomic E-state index is 13.2. The van der Waals surface area contributed by atoms with Crippen LogP contribution in [0.15, 0.2) is 12.3 Å². The number of nitrogens with two attached hydrogens (primary N) is 1. The topological polar surface area (TPSA) is 106 Å². The van der Waals surface area contributed by atoms with Gasteiger partial charge in [0.25, 0.3) is 0 Å². The maximum absolute atomic E-state index is 13.2. The summed E-state index contributed by atoms with van der Waals surface area (Å²) in [4.78, 5) is 7.14. The first-order chi connectivity index (χ1) is 9.10. The third kappa shape index (κ3) is 1.93. The van der Waals surface area contributed by atoms with E-state index in [1.807, 2.05) is 0 Å². The standard InChI is InChI=1S/C11H13FN4O3/c12-11-14-9(13)5-1-2-16(10(5)15-11)8-3-6(18)7(4-17)19-8/h1-2,6-8,17-18H,3-4H2,(H2,13,14,15). The Kier molecular flexibility index (Phi) is 2.85. The molecule has 3 rings (SSSR count). The Bertz CT molecular complexity index is 617. The molecule has 0 bridgehead atoms. The van der Waals surface area contributed by atoms with Crippen LogP contribution >= 0.6 is 0 Å². The average molecular weight is 268 g/mol. The summed E-state index contributed by atoms with van der Waals surface area (Å²) >= 11 is 0. The number of nitrogens with zero attached hydrogens (tertiary/aromatic N) is 3. The van der Waals surface area contributed by atoms with Crippen LogP contribution in [0.5, 0.6) is 0 Å². The molecule has 0 amide bonds.